The van der Waals surface area contributed by atoms with Crippen LogP contribution in [-0.2, 0) is 18.3 Å². The van der Waals surface area contributed by atoms with Crippen molar-refractivity contribution in [3.05, 3.63) is 11.1 Å². The highest BCUT2D eigenvalue weighted by molar-refractivity contribution is 8.54. The molecule has 2 aromatic heterocycles. The molecule has 0 amide bonds. The second-order valence-corrected chi connectivity index (χ2v) is 9.86. The Bertz CT molecular complexity index is 903. The molecule has 2 aromatic rings. The van der Waals surface area contributed by atoms with E-state index in [1.54, 1.807) is 6.26 Å². The smallest absolute Gasteiger partial charge is 0.386 e. The first-order chi connectivity index (χ1) is 11.4. The zero-order chi connectivity index (χ0) is 17.1. The summed E-state index contributed by atoms with van der Waals surface area (Å²) >= 11 is 6.28. The van der Waals surface area contributed by atoms with Crippen molar-refractivity contribution in [3.8, 4) is 0 Å². The number of imidazole rings is 1. The Kier molecular flexibility index (Phi) is 3.95. The molecule has 2 fully saturated rings. The van der Waals surface area contributed by atoms with Crippen molar-refractivity contribution in [2.75, 3.05) is 18.6 Å². The van der Waals surface area contributed by atoms with E-state index < -0.39 is 31.3 Å². The van der Waals surface area contributed by atoms with Crippen molar-refractivity contribution in [1.82, 2.24) is 19.5 Å². The van der Waals surface area contributed by atoms with E-state index >= 15 is 0 Å². The van der Waals surface area contributed by atoms with E-state index in [-0.39, 0.29) is 17.2 Å². The average molecular weight is 391 g/mol. The number of aliphatic hydroxyl groups excluding tert-OH is 1. The molecule has 24 heavy (non-hydrogen) atoms. The van der Waals surface area contributed by atoms with Gasteiger partial charge in [-0.2, -0.15) is 0 Å². The number of aromatic nitrogens is 4. The molecule has 0 radical (unpaired) electrons. The topological polar surface area (TPSA) is 138 Å². The number of fused-ring (bicyclic) bond motifs is 2. The lowest BCUT2D eigenvalue weighted by Gasteiger charge is -2.30. The third-order valence-corrected chi connectivity index (χ3v) is 7.60. The van der Waals surface area contributed by atoms with Gasteiger partial charge in [-0.3, -0.25) is 13.6 Å². The molecule has 130 valence electrons. The van der Waals surface area contributed by atoms with Gasteiger partial charge in [-0.25, -0.2) is 14.5 Å². The summed E-state index contributed by atoms with van der Waals surface area (Å²) in [5, 5.41) is 10.6. The SMILES string of the molecule is CSP1(=O)OCC2OC(n3c(=S)[nH]c4c(N)ncnc43)C(O)C2O1. The second kappa shape index (κ2) is 5.77. The monoisotopic (exact) mass is 391 g/mol. The molecular weight excluding hydrogens is 377 g/mol. The fourth-order valence-electron chi connectivity index (χ4n) is 2.83. The Hall–Kier alpha value is -1.01. The van der Waals surface area contributed by atoms with Gasteiger partial charge in [-0.1, -0.05) is 0 Å². The molecule has 0 aromatic carbocycles. The van der Waals surface area contributed by atoms with Gasteiger partial charge in [0.15, 0.2) is 22.5 Å². The van der Waals surface area contributed by atoms with Crippen LogP contribution in [0.2, 0.25) is 0 Å². The summed E-state index contributed by atoms with van der Waals surface area (Å²) in [5.74, 6) is 0.237. The molecule has 4 rings (SSSR count). The summed E-state index contributed by atoms with van der Waals surface area (Å²) in [6, 6.07) is 0. The van der Waals surface area contributed by atoms with E-state index in [9.17, 15) is 9.67 Å². The maximum Gasteiger partial charge on any atom is 0.389 e. The first kappa shape index (κ1) is 16.5. The van der Waals surface area contributed by atoms with Crippen LogP contribution in [0.15, 0.2) is 6.33 Å². The summed E-state index contributed by atoms with van der Waals surface area (Å²) in [4.78, 5) is 11.0. The molecule has 2 aliphatic rings. The second-order valence-electron chi connectivity index (χ2n) is 5.31. The van der Waals surface area contributed by atoms with E-state index in [0.29, 0.717) is 11.2 Å². The summed E-state index contributed by atoms with van der Waals surface area (Å²) in [6.07, 6.45) is -0.393. The van der Waals surface area contributed by atoms with Gasteiger partial charge >= 0.3 is 6.80 Å². The van der Waals surface area contributed by atoms with Crippen LogP contribution in [0.1, 0.15) is 6.23 Å². The van der Waals surface area contributed by atoms with Crippen LogP contribution in [0.4, 0.5) is 5.82 Å². The van der Waals surface area contributed by atoms with Gasteiger partial charge in [0.05, 0.1) is 6.61 Å². The molecule has 4 heterocycles. The normalized spacial score (nSPS) is 36.1. The summed E-state index contributed by atoms with van der Waals surface area (Å²) in [5.41, 5.74) is 6.68. The van der Waals surface area contributed by atoms with E-state index in [1.165, 1.54) is 10.9 Å². The maximum absolute atomic E-state index is 12.3. The Morgan fingerprint density at radius 2 is 2.38 bits per heavy atom. The molecule has 4 N–H and O–H groups in total. The first-order valence-corrected chi connectivity index (χ1v) is 10.7. The fraction of sp³-hybridized carbons (Fsp3) is 0.545. The summed E-state index contributed by atoms with van der Waals surface area (Å²) < 4.78 is 30.6. The molecular formula is C11H14N5O5PS2. The van der Waals surface area contributed by atoms with Gasteiger partial charge in [0.1, 0.15) is 30.2 Å². The Morgan fingerprint density at radius 3 is 3.12 bits per heavy atom. The predicted octanol–water partition coefficient (Wildman–Crippen LogP) is 1.22. The Balaban J connectivity index is 1.75. The summed E-state index contributed by atoms with van der Waals surface area (Å²) in [7, 11) is 0. The number of aliphatic hydroxyl groups is 1. The minimum atomic E-state index is -3.28. The standard InChI is InChI=1S/C11H14N5O5PS2/c1-24-22(18)19-2-4-7(21-22)6(17)10(20-4)16-9-5(15-11(16)23)8(12)13-3-14-9/h3-4,6-7,10,17H,2H2,1H3,(H,15,23)(H2,12,13,14). The lowest BCUT2D eigenvalue weighted by Crippen LogP contribution is -2.38. The quantitative estimate of drug-likeness (QED) is 0.506. The number of hydrogen-bond donors (Lipinski definition) is 3. The number of H-pyrrole nitrogens is 1. The minimum Gasteiger partial charge on any atom is -0.386 e. The number of nitrogen functional groups attached to an aromatic ring is 1. The number of aromatic amines is 1. The van der Waals surface area contributed by atoms with Crippen LogP contribution >= 0.6 is 30.4 Å². The van der Waals surface area contributed by atoms with Crippen molar-refractivity contribution in [1.29, 1.82) is 0 Å². The van der Waals surface area contributed by atoms with E-state index in [1.807, 2.05) is 0 Å². The number of nitrogens with two attached hydrogens (primary N) is 1. The van der Waals surface area contributed by atoms with Crippen LogP contribution in [0.5, 0.6) is 0 Å². The number of anilines is 1. The molecule has 5 atom stereocenters. The molecule has 10 nitrogen and oxygen atoms in total. The largest absolute Gasteiger partial charge is 0.389 e. The van der Waals surface area contributed by atoms with Crippen LogP contribution in [0.25, 0.3) is 11.2 Å². The van der Waals surface area contributed by atoms with Crippen molar-refractivity contribution < 1.29 is 23.5 Å². The van der Waals surface area contributed by atoms with Crippen molar-refractivity contribution in [2.45, 2.75) is 24.5 Å². The molecule has 2 aliphatic heterocycles. The Morgan fingerprint density at radius 1 is 1.58 bits per heavy atom. The van der Waals surface area contributed by atoms with Gasteiger partial charge in [0, 0.05) is 0 Å². The highest BCUT2D eigenvalue weighted by Crippen LogP contribution is 2.64. The van der Waals surface area contributed by atoms with Gasteiger partial charge < -0.3 is 20.6 Å². The van der Waals surface area contributed by atoms with Gasteiger partial charge in [0.25, 0.3) is 0 Å². The highest BCUT2D eigenvalue weighted by atomic mass is 32.7. The Labute approximate surface area is 145 Å². The van der Waals surface area contributed by atoms with Gasteiger partial charge in [0.2, 0.25) is 0 Å². The first-order valence-electron chi connectivity index (χ1n) is 6.96. The zero-order valence-electron chi connectivity index (χ0n) is 12.4. The third-order valence-electron chi connectivity index (χ3n) is 3.97. The fourth-order valence-corrected chi connectivity index (χ4v) is 5.32. The van der Waals surface area contributed by atoms with Crippen molar-refractivity contribution >= 4 is 47.4 Å². The van der Waals surface area contributed by atoms with Crippen molar-refractivity contribution in [3.63, 3.8) is 0 Å². The van der Waals surface area contributed by atoms with Crippen LogP contribution in [0.3, 0.4) is 0 Å². The number of nitrogens with one attached hydrogen (secondary N) is 1. The maximum atomic E-state index is 12.3. The molecule has 5 unspecified atom stereocenters. The van der Waals surface area contributed by atoms with Crippen molar-refractivity contribution in [2.24, 2.45) is 0 Å². The number of ether oxygens (including phenoxy) is 1. The van der Waals surface area contributed by atoms with Crippen LogP contribution in [0, 0.1) is 4.77 Å². The minimum absolute atomic E-state index is 0.0587. The third kappa shape index (κ3) is 2.41. The molecule has 2 saturated heterocycles. The lowest BCUT2D eigenvalue weighted by atomic mass is 10.1. The van der Waals surface area contributed by atoms with Crippen LogP contribution in [-0.4, -0.2) is 55.8 Å². The molecule has 0 aliphatic carbocycles. The molecule has 0 spiro atoms. The van der Waals surface area contributed by atoms with Gasteiger partial charge in [-0.05, 0) is 29.9 Å². The van der Waals surface area contributed by atoms with E-state index in [0.717, 1.165) is 11.4 Å². The number of rotatable bonds is 2. The lowest BCUT2D eigenvalue weighted by molar-refractivity contribution is -0.0566. The summed E-state index contributed by atoms with van der Waals surface area (Å²) in [6.45, 7) is -3.23. The van der Waals surface area contributed by atoms with Crippen LogP contribution < -0.4 is 5.73 Å². The number of hydrogen-bond acceptors (Lipinski definition) is 10. The number of nitrogens with zero attached hydrogens (tertiary/aromatic N) is 3. The van der Waals surface area contributed by atoms with E-state index in [2.05, 4.69) is 15.0 Å². The zero-order valence-corrected chi connectivity index (χ0v) is 14.9. The molecule has 0 saturated carbocycles. The molecule has 0 bridgehead atoms. The molecule has 13 heteroatoms. The predicted molar refractivity (Wildman–Crippen MR) is 89.0 cm³/mol. The van der Waals surface area contributed by atoms with Gasteiger partial charge in [-0.15, -0.1) is 0 Å². The average Bonchev–Trinajstić information content (AvgIpc) is 3.05. The highest BCUT2D eigenvalue weighted by Gasteiger charge is 2.53. The van der Waals surface area contributed by atoms with E-state index in [4.69, 9.17) is 31.7 Å².